The number of aromatic hydroxyl groups is 1. The van der Waals surface area contributed by atoms with Crippen molar-refractivity contribution in [1.29, 1.82) is 0 Å². The van der Waals surface area contributed by atoms with Gasteiger partial charge in [-0.1, -0.05) is 28.1 Å². The molecule has 3 rings (SSSR count). The van der Waals surface area contributed by atoms with Gasteiger partial charge in [-0.05, 0) is 48.6 Å². The molecule has 0 spiro atoms. The van der Waals surface area contributed by atoms with Crippen LogP contribution in [0.3, 0.4) is 0 Å². The van der Waals surface area contributed by atoms with E-state index >= 15 is 0 Å². The van der Waals surface area contributed by atoms with Crippen molar-refractivity contribution in [3.63, 3.8) is 0 Å². The highest BCUT2D eigenvalue weighted by Gasteiger charge is 2.35. The molecule has 0 unspecified atom stereocenters. The first kappa shape index (κ1) is 17.2. The number of carbonyl (C=O) groups excluding carboxylic acids is 2. The number of hydrogen-bond acceptors (Lipinski definition) is 4. The third-order valence-corrected chi connectivity index (χ3v) is 4.26. The Hall–Kier alpha value is -2.58. The Morgan fingerprint density at radius 3 is 2.64 bits per heavy atom. The van der Waals surface area contributed by atoms with E-state index in [9.17, 15) is 19.1 Å². The first-order valence-electron chi connectivity index (χ1n) is 7.03. The summed E-state index contributed by atoms with van der Waals surface area (Å²) in [5.74, 6) is -2.26. The van der Waals surface area contributed by atoms with Crippen molar-refractivity contribution in [3.8, 4) is 5.75 Å². The number of amides is 2. The van der Waals surface area contributed by atoms with Crippen molar-refractivity contribution in [2.24, 2.45) is 0 Å². The molecule has 2 N–H and O–H groups in total. The lowest BCUT2D eigenvalue weighted by atomic mass is 10.1. The number of rotatable bonds is 2. The smallest absolute Gasteiger partial charge is 0.270 e. The third kappa shape index (κ3) is 3.31. The molecule has 1 fully saturated rings. The Morgan fingerprint density at radius 1 is 1.20 bits per heavy atom. The number of anilines is 1. The van der Waals surface area contributed by atoms with Crippen LogP contribution >= 0.6 is 28.1 Å². The average Bonchev–Trinajstić information content (AvgIpc) is 2.56. The lowest BCUT2D eigenvalue weighted by Gasteiger charge is -2.29. The van der Waals surface area contributed by atoms with Crippen LogP contribution in [0.2, 0.25) is 0 Å². The van der Waals surface area contributed by atoms with Crippen molar-refractivity contribution in [1.82, 2.24) is 5.32 Å². The van der Waals surface area contributed by atoms with E-state index in [0.29, 0.717) is 4.47 Å². The van der Waals surface area contributed by atoms with E-state index in [0.717, 1.165) is 4.90 Å². The Kier molecular flexibility index (Phi) is 4.65. The lowest BCUT2D eigenvalue weighted by molar-refractivity contribution is -0.122. The summed E-state index contributed by atoms with van der Waals surface area (Å²) in [7, 11) is 0. The number of nitrogens with one attached hydrogen (secondary N) is 1. The van der Waals surface area contributed by atoms with Gasteiger partial charge < -0.3 is 5.11 Å². The summed E-state index contributed by atoms with van der Waals surface area (Å²) in [6, 6.07) is 10.2. The van der Waals surface area contributed by atoms with Crippen molar-refractivity contribution in [2.45, 2.75) is 0 Å². The number of phenolic OH excluding ortho intramolecular Hbond substituents is 1. The van der Waals surface area contributed by atoms with Gasteiger partial charge >= 0.3 is 0 Å². The summed E-state index contributed by atoms with van der Waals surface area (Å²) >= 11 is 8.26. The summed E-state index contributed by atoms with van der Waals surface area (Å²) < 4.78 is 14.7. The predicted octanol–water partition coefficient (Wildman–Crippen LogP) is 3.13. The molecule has 1 heterocycles. The molecule has 0 radical (unpaired) electrons. The Balaban J connectivity index is 2.09. The molecule has 0 atom stereocenters. The molecule has 5 nitrogen and oxygen atoms in total. The highest BCUT2D eigenvalue weighted by Crippen LogP contribution is 2.28. The van der Waals surface area contributed by atoms with E-state index in [1.165, 1.54) is 30.3 Å². The molecule has 0 saturated carbocycles. The zero-order chi connectivity index (χ0) is 18.1. The Bertz CT molecular complexity index is 945. The molecule has 8 heteroatoms. The van der Waals surface area contributed by atoms with Crippen LogP contribution in [-0.2, 0) is 9.59 Å². The fourth-order valence-electron chi connectivity index (χ4n) is 2.31. The summed E-state index contributed by atoms with van der Waals surface area (Å²) in [6.45, 7) is 0. The number of phenols is 1. The van der Waals surface area contributed by atoms with Gasteiger partial charge in [0.2, 0.25) is 0 Å². The van der Waals surface area contributed by atoms with Gasteiger partial charge in [0.1, 0.15) is 17.1 Å². The van der Waals surface area contributed by atoms with Crippen LogP contribution in [0.5, 0.6) is 5.75 Å². The van der Waals surface area contributed by atoms with Gasteiger partial charge in [0.15, 0.2) is 5.11 Å². The first-order chi connectivity index (χ1) is 11.9. The maximum absolute atomic E-state index is 14.1. The number of para-hydroxylation sites is 1. The maximum atomic E-state index is 14.1. The van der Waals surface area contributed by atoms with Gasteiger partial charge in [-0.2, -0.15) is 0 Å². The Labute approximate surface area is 155 Å². The molecular formula is C17H10BrFN2O3S. The number of thiocarbonyl (C=S) groups is 1. The van der Waals surface area contributed by atoms with E-state index < -0.39 is 17.6 Å². The highest BCUT2D eigenvalue weighted by molar-refractivity contribution is 9.10. The summed E-state index contributed by atoms with van der Waals surface area (Å²) in [5.41, 5.74) is -0.0821. The van der Waals surface area contributed by atoms with Crippen LogP contribution in [-0.4, -0.2) is 22.0 Å². The molecule has 0 bridgehead atoms. The molecule has 1 aliphatic rings. The zero-order valence-corrected chi connectivity index (χ0v) is 14.9. The lowest BCUT2D eigenvalue weighted by Crippen LogP contribution is -2.54. The van der Waals surface area contributed by atoms with E-state index in [1.54, 1.807) is 18.2 Å². The summed E-state index contributed by atoms with van der Waals surface area (Å²) in [5, 5.41) is 12.1. The molecular weight excluding hydrogens is 411 g/mol. The summed E-state index contributed by atoms with van der Waals surface area (Å²) in [4.78, 5) is 25.8. The number of hydrogen-bond donors (Lipinski definition) is 2. The topological polar surface area (TPSA) is 69.6 Å². The van der Waals surface area contributed by atoms with Gasteiger partial charge in [0, 0.05) is 10.0 Å². The normalized spacial score (nSPS) is 16.3. The molecule has 0 aliphatic carbocycles. The monoisotopic (exact) mass is 420 g/mol. The standard InChI is InChI=1S/C17H10BrFN2O3S/c18-10-5-6-14(22)9(7-10)8-11-15(23)20-17(25)21(16(11)24)13-4-2-1-3-12(13)19/h1-8,22H,(H,20,23,25)/b11-8-. The molecule has 1 aliphatic heterocycles. The fraction of sp³-hybridized carbons (Fsp3) is 0. The van der Waals surface area contributed by atoms with Crippen molar-refractivity contribution >= 4 is 56.8 Å². The molecule has 1 saturated heterocycles. The van der Waals surface area contributed by atoms with Gasteiger partial charge in [-0.25, -0.2) is 9.29 Å². The predicted molar refractivity (Wildman–Crippen MR) is 98.4 cm³/mol. The second-order valence-corrected chi connectivity index (χ2v) is 6.41. The van der Waals surface area contributed by atoms with E-state index in [2.05, 4.69) is 21.2 Å². The third-order valence-electron chi connectivity index (χ3n) is 3.48. The van der Waals surface area contributed by atoms with Crippen molar-refractivity contribution < 1.29 is 19.1 Å². The number of carbonyl (C=O) groups is 2. The van der Waals surface area contributed by atoms with Gasteiger partial charge in [-0.3, -0.25) is 14.9 Å². The largest absolute Gasteiger partial charge is 0.507 e. The van der Waals surface area contributed by atoms with E-state index in [4.69, 9.17) is 12.2 Å². The van der Waals surface area contributed by atoms with Crippen molar-refractivity contribution in [2.75, 3.05) is 4.90 Å². The Morgan fingerprint density at radius 2 is 1.92 bits per heavy atom. The SMILES string of the molecule is O=C1NC(=S)N(c2ccccc2F)C(=O)/C1=C\c1cc(Br)ccc1O. The van der Waals surface area contributed by atoms with E-state index in [1.807, 2.05) is 0 Å². The van der Waals surface area contributed by atoms with Crippen LogP contribution in [0, 0.1) is 5.82 Å². The minimum absolute atomic E-state index is 0.0677. The van der Waals surface area contributed by atoms with Gasteiger partial charge in [-0.15, -0.1) is 0 Å². The maximum Gasteiger partial charge on any atom is 0.270 e. The number of halogens is 2. The molecule has 2 aromatic carbocycles. The van der Waals surface area contributed by atoms with Gasteiger partial charge in [0.25, 0.3) is 11.8 Å². The van der Waals surface area contributed by atoms with Crippen LogP contribution in [0.1, 0.15) is 5.56 Å². The van der Waals surface area contributed by atoms with E-state index in [-0.39, 0.29) is 27.7 Å². The first-order valence-corrected chi connectivity index (χ1v) is 8.23. The van der Waals surface area contributed by atoms with Crippen LogP contribution in [0.4, 0.5) is 10.1 Å². The molecule has 25 heavy (non-hydrogen) atoms. The summed E-state index contributed by atoms with van der Waals surface area (Å²) in [6.07, 6.45) is 1.23. The molecule has 126 valence electrons. The fourth-order valence-corrected chi connectivity index (χ4v) is 2.96. The number of nitrogens with zero attached hydrogens (tertiary/aromatic N) is 1. The highest BCUT2D eigenvalue weighted by atomic mass is 79.9. The van der Waals surface area contributed by atoms with Gasteiger partial charge in [0.05, 0.1) is 5.69 Å². The second kappa shape index (κ2) is 6.73. The average molecular weight is 421 g/mol. The molecule has 2 amide bonds. The van der Waals surface area contributed by atoms with Crippen LogP contribution < -0.4 is 10.2 Å². The minimum atomic E-state index is -0.779. The quantitative estimate of drug-likeness (QED) is 0.444. The minimum Gasteiger partial charge on any atom is -0.507 e. The number of benzene rings is 2. The van der Waals surface area contributed by atoms with Crippen LogP contribution in [0.25, 0.3) is 6.08 Å². The van der Waals surface area contributed by atoms with Crippen LogP contribution in [0.15, 0.2) is 52.5 Å². The second-order valence-electron chi connectivity index (χ2n) is 5.11. The van der Waals surface area contributed by atoms with Crippen molar-refractivity contribution in [3.05, 3.63) is 63.9 Å². The molecule has 2 aromatic rings. The zero-order valence-electron chi connectivity index (χ0n) is 12.5. The molecule has 0 aromatic heterocycles.